The Bertz CT molecular complexity index is 1010. The van der Waals surface area contributed by atoms with Gasteiger partial charge in [0.25, 0.3) is 0 Å². The molecular weight excluding hydrogens is 521 g/mol. The summed E-state index contributed by atoms with van der Waals surface area (Å²) in [7, 11) is 1.59. The van der Waals surface area contributed by atoms with E-state index in [2.05, 4.69) is 47.9 Å². The molecule has 0 bridgehead atoms. The quantitative estimate of drug-likeness (QED) is 0.416. The van der Waals surface area contributed by atoms with Crippen LogP contribution < -0.4 is 10.6 Å². The highest BCUT2D eigenvalue weighted by Crippen LogP contribution is 2.38. The number of nitrogens with one attached hydrogen (secondary N) is 2. The number of aromatic nitrogens is 3. The molecule has 1 amide bonds. The van der Waals surface area contributed by atoms with Crippen molar-refractivity contribution >= 4 is 64.5 Å². The summed E-state index contributed by atoms with van der Waals surface area (Å²) in [6.07, 6.45) is 7.07. The van der Waals surface area contributed by atoms with Gasteiger partial charge in [-0.15, -0.1) is 11.3 Å². The predicted octanol–water partition coefficient (Wildman–Crippen LogP) is 5.47. The van der Waals surface area contributed by atoms with Gasteiger partial charge in [0.05, 0.1) is 11.3 Å². The van der Waals surface area contributed by atoms with Crippen molar-refractivity contribution in [2.75, 3.05) is 5.32 Å². The number of rotatable bonds is 5. The molecular formula is C19H22IN5O2S2. The highest BCUT2D eigenvalue weighted by atomic mass is 127. The second kappa shape index (κ2) is 8.31. The third kappa shape index (κ3) is 4.64. The summed E-state index contributed by atoms with van der Waals surface area (Å²) in [5, 5.41) is 10.6. The van der Waals surface area contributed by atoms with Crippen molar-refractivity contribution in [3.8, 4) is 10.6 Å². The summed E-state index contributed by atoms with van der Waals surface area (Å²) in [6, 6.07) is 2.48. The fourth-order valence-electron chi connectivity index (χ4n) is 3.32. The molecule has 3 aromatic heterocycles. The number of carbonyl (C=O) groups is 1. The number of pyridine rings is 1. The molecule has 1 saturated carbocycles. The Morgan fingerprint density at radius 1 is 1.34 bits per heavy atom. The van der Waals surface area contributed by atoms with Crippen LogP contribution in [0.4, 0.5) is 10.5 Å². The van der Waals surface area contributed by atoms with E-state index in [9.17, 15) is 4.79 Å². The van der Waals surface area contributed by atoms with Gasteiger partial charge in [-0.3, -0.25) is 3.97 Å². The van der Waals surface area contributed by atoms with Gasteiger partial charge in [-0.2, -0.15) is 0 Å². The maximum Gasteiger partial charge on any atom is 0.407 e. The predicted molar refractivity (Wildman–Crippen MR) is 128 cm³/mol. The molecule has 0 unspecified atom stereocenters. The molecule has 0 radical (unpaired) electrons. The zero-order valence-corrected chi connectivity index (χ0v) is 20.1. The molecule has 1 aliphatic carbocycles. The summed E-state index contributed by atoms with van der Waals surface area (Å²) in [6.45, 7) is 5.60. The van der Waals surface area contributed by atoms with Gasteiger partial charge in [0, 0.05) is 71.8 Å². The first-order chi connectivity index (χ1) is 13.8. The van der Waals surface area contributed by atoms with E-state index in [-0.39, 0.29) is 18.2 Å². The molecule has 0 aromatic carbocycles. The van der Waals surface area contributed by atoms with Crippen LogP contribution in [-0.4, -0.2) is 37.7 Å². The first-order valence-corrected chi connectivity index (χ1v) is 13.5. The SMILES string of the molecule is CC(C)(C)OC(=O)N[C@H]1C[C@@H](Nc2c(-c3nccs3)cnc3c2ccn3SI)C1. The minimum atomic E-state index is -0.486. The van der Waals surface area contributed by atoms with Crippen molar-refractivity contribution in [1.82, 2.24) is 19.3 Å². The topological polar surface area (TPSA) is 81.1 Å². The zero-order valence-electron chi connectivity index (χ0n) is 16.3. The Morgan fingerprint density at radius 3 is 2.79 bits per heavy atom. The number of anilines is 1. The van der Waals surface area contributed by atoms with E-state index in [1.165, 1.54) is 0 Å². The highest BCUT2D eigenvalue weighted by Gasteiger charge is 2.32. The highest BCUT2D eigenvalue weighted by molar-refractivity contribution is 14.2. The van der Waals surface area contributed by atoms with E-state index in [1.807, 2.05) is 48.7 Å². The van der Waals surface area contributed by atoms with Gasteiger partial charge in [0.2, 0.25) is 0 Å². The molecule has 4 rings (SSSR count). The summed E-state index contributed by atoms with van der Waals surface area (Å²) < 4.78 is 7.39. The van der Waals surface area contributed by atoms with E-state index < -0.39 is 5.60 Å². The molecule has 0 saturated heterocycles. The Balaban J connectivity index is 1.50. The third-order valence-electron chi connectivity index (χ3n) is 4.63. The fourth-order valence-corrected chi connectivity index (χ4v) is 5.25. The van der Waals surface area contributed by atoms with E-state index in [1.54, 1.807) is 20.5 Å². The maximum atomic E-state index is 12.0. The van der Waals surface area contributed by atoms with Crippen LogP contribution >= 0.6 is 41.7 Å². The molecule has 10 heteroatoms. The number of alkyl carbamates (subject to hydrolysis) is 1. The average Bonchev–Trinajstić information content (AvgIpc) is 3.27. The van der Waals surface area contributed by atoms with Crippen molar-refractivity contribution < 1.29 is 9.53 Å². The molecule has 7 nitrogen and oxygen atoms in total. The number of hydrogen-bond acceptors (Lipinski definition) is 7. The minimum Gasteiger partial charge on any atom is -0.444 e. The third-order valence-corrected chi connectivity index (χ3v) is 7.15. The molecule has 3 aromatic rings. The van der Waals surface area contributed by atoms with Crippen LogP contribution in [0.3, 0.4) is 0 Å². The second-order valence-electron chi connectivity index (χ2n) is 7.99. The number of thiazole rings is 1. The van der Waals surface area contributed by atoms with Crippen LogP contribution in [0.1, 0.15) is 33.6 Å². The van der Waals surface area contributed by atoms with E-state index >= 15 is 0 Å². The number of hydrogen-bond donors (Lipinski definition) is 2. The molecule has 0 spiro atoms. The summed E-state index contributed by atoms with van der Waals surface area (Å²) >= 11 is 3.85. The standard InChI is InChI=1S/C19H22IN5O2S2/c1-19(2,3)27-18(26)24-12-8-11(9-12)23-15-13-4-6-25(29-20)16(13)22-10-14(15)17-21-5-7-28-17/h4-7,10-12H,8-9H2,1-3H3,(H,22,23)(H,24,26)/t11-,12+. The number of carbonyl (C=O) groups excluding carboxylic acids is 1. The van der Waals surface area contributed by atoms with Crippen LogP contribution in [0.25, 0.3) is 21.6 Å². The Labute approximate surface area is 189 Å². The smallest absolute Gasteiger partial charge is 0.407 e. The van der Waals surface area contributed by atoms with E-state index in [0.29, 0.717) is 0 Å². The lowest BCUT2D eigenvalue weighted by Gasteiger charge is -2.37. The summed E-state index contributed by atoms with van der Waals surface area (Å²) in [5.74, 6) is 0. The van der Waals surface area contributed by atoms with E-state index in [0.717, 1.165) is 40.1 Å². The molecule has 2 N–H and O–H groups in total. The molecule has 29 heavy (non-hydrogen) atoms. The van der Waals surface area contributed by atoms with Crippen molar-refractivity contribution in [2.45, 2.75) is 51.3 Å². The summed E-state index contributed by atoms with van der Waals surface area (Å²) in [4.78, 5) is 21.1. The fraction of sp³-hybridized carbons (Fsp3) is 0.421. The molecule has 0 aliphatic heterocycles. The van der Waals surface area contributed by atoms with Gasteiger partial charge >= 0.3 is 6.09 Å². The van der Waals surface area contributed by atoms with Crippen LogP contribution in [-0.2, 0) is 4.74 Å². The van der Waals surface area contributed by atoms with Gasteiger partial charge in [0.15, 0.2) is 5.65 Å². The average molecular weight is 543 g/mol. The lowest BCUT2D eigenvalue weighted by atomic mass is 9.86. The Hall–Kier alpha value is -1.53. The van der Waals surface area contributed by atoms with Gasteiger partial charge in [-0.05, 0) is 39.7 Å². The molecule has 1 aliphatic rings. The number of amides is 1. The van der Waals surface area contributed by atoms with Crippen LogP contribution in [0, 0.1) is 0 Å². The number of nitrogens with zero attached hydrogens (tertiary/aromatic N) is 3. The first-order valence-electron chi connectivity index (χ1n) is 9.29. The second-order valence-corrected chi connectivity index (χ2v) is 10.6. The van der Waals surface area contributed by atoms with Gasteiger partial charge in [0.1, 0.15) is 10.6 Å². The zero-order chi connectivity index (χ0) is 20.6. The largest absolute Gasteiger partial charge is 0.444 e. The Morgan fingerprint density at radius 2 is 2.14 bits per heavy atom. The number of halogens is 1. The summed E-state index contributed by atoms with van der Waals surface area (Å²) in [5.41, 5.74) is 2.50. The first kappa shape index (κ1) is 20.7. The monoisotopic (exact) mass is 543 g/mol. The Kier molecular flexibility index (Phi) is 5.94. The van der Waals surface area contributed by atoms with Crippen LogP contribution in [0.5, 0.6) is 0 Å². The molecule has 0 atom stereocenters. The molecule has 3 heterocycles. The lowest BCUT2D eigenvalue weighted by Crippen LogP contribution is -2.50. The van der Waals surface area contributed by atoms with Gasteiger partial charge in [-0.1, -0.05) is 0 Å². The lowest BCUT2D eigenvalue weighted by molar-refractivity contribution is 0.0475. The number of fused-ring (bicyclic) bond motifs is 1. The molecule has 154 valence electrons. The van der Waals surface area contributed by atoms with Crippen LogP contribution in [0.2, 0.25) is 0 Å². The van der Waals surface area contributed by atoms with Crippen molar-refractivity contribution in [2.24, 2.45) is 0 Å². The van der Waals surface area contributed by atoms with Crippen molar-refractivity contribution in [1.29, 1.82) is 0 Å². The van der Waals surface area contributed by atoms with Gasteiger partial charge in [-0.25, -0.2) is 14.8 Å². The van der Waals surface area contributed by atoms with Crippen molar-refractivity contribution in [3.63, 3.8) is 0 Å². The number of ether oxygens (including phenoxy) is 1. The van der Waals surface area contributed by atoms with Crippen molar-refractivity contribution in [3.05, 3.63) is 30.0 Å². The normalized spacial score (nSPS) is 19.0. The molecule has 1 fully saturated rings. The van der Waals surface area contributed by atoms with E-state index in [4.69, 9.17) is 4.74 Å². The van der Waals surface area contributed by atoms with Crippen LogP contribution in [0.15, 0.2) is 30.0 Å². The van der Waals surface area contributed by atoms with Gasteiger partial charge < -0.3 is 15.4 Å². The minimum absolute atomic E-state index is 0.123. The maximum absolute atomic E-state index is 12.0.